The highest BCUT2D eigenvalue weighted by atomic mass is 16.6. The standard InChI is InChI=1S/C21H24O3/c1-20-9-6-16-15-5-3-14(22)12-13(15)2-4-17(16)18(20)7-10-21(20)11-8-19(23)24-21/h2,4,8,11,16-18H,3,5-7,9-10,12H2,1H3/t16-,17-,18+,20+,21-/m1/s1. The van der Waals surface area contributed by atoms with E-state index >= 15 is 0 Å². The van der Waals surface area contributed by atoms with Crippen LogP contribution >= 0.6 is 0 Å². The first-order chi connectivity index (χ1) is 11.5. The van der Waals surface area contributed by atoms with Gasteiger partial charge in [-0.1, -0.05) is 24.6 Å². The van der Waals surface area contributed by atoms with Crippen molar-refractivity contribution < 1.29 is 14.3 Å². The molecule has 5 aliphatic rings. The van der Waals surface area contributed by atoms with Crippen LogP contribution in [-0.2, 0) is 14.3 Å². The number of hydrogen-bond acceptors (Lipinski definition) is 3. The maximum atomic E-state index is 11.8. The molecule has 0 radical (unpaired) electrons. The fourth-order valence-electron chi connectivity index (χ4n) is 6.46. The summed E-state index contributed by atoms with van der Waals surface area (Å²) in [5.74, 6) is 1.93. The van der Waals surface area contributed by atoms with E-state index in [1.54, 1.807) is 11.6 Å². The Morgan fingerprint density at radius 2 is 2.00 bits per heavy atom. The summed E-state index contributed by atoms with van der Waals surface area (Å²) in [7, 11) is 0. The van der Waals surface area contributed by atoms with E-state index < -0.39 is 0 Å². The summed E-state index contributed by atoms with van der Waals surface area (Å²) < 4.78 is 5.85. The number of carbonyl (C=O) groups excluding carboxylic acids is 2. The minimum absolute atomic E-state index is 0.0454. The zero-order valence-electron chi connectivity index (χ0n) is 14.2. The number of ketones is 1. The van der Waals surface area contributed by atoms with Crippen molar-refractivity contribution in [2.75, 3.05) is 0 Å². The van der Waals surface area contributed by atoms with Crippen LogP contribution in [0.15, 0.2) is 35.5 Å². The highest BCUT2D eigenvalue weighted by Gasteiger charge is 2.63. The Hall–Kier alpha value is -1.64. The highest BCUT2D eigenvalue weighted by Crippen LogP contribution is 2.65. The van der Waals surface area contributed by atoms with Crippen LogP contribution in [0, 0.1) is 23.2 Å². The van der Waals surface area contributed by atoms with Gasteiger partial charge in [0.1, 0.15) is 11.4 Å². The number of rotatable bonds is 0. The summed E-state index contributed by atoms with van der Waals surface area (Å²) in [6.45, 7) is 2.34. The molecule has 0 bridgehead atoms. The molecule has 1 spiro atoms. The van der Waals surface area contributed by atoms with Gasteiger partial charge < -0.3 is 4.74 Å². The van der Waals surface area contributed by atoms with E-state index in [1.165, 1.54) is 5.57 Å². The van der Waals surface area contributed by atoms with Crippen molar-refractivity contribution in [1.82, 2.24) is 0 Å². The van der Waals surface area contributed by atoms with E-state index in [0.717, 1.165) is 38.5 Å². The summed E-state index contributed by atoms with van der Waals surface area (Å²) in [6, 6.07) is 0. The van der Waals surface area contributed by atoms with Crippen LogP contribution in [0.3, 0.4) is 0 Å². The van der Waals surface area contributed by atoms with Gasteiger partial charge in [-0.25, -0.2) is 4.79 Å². The summed E-state index contributed by atoms with van der Waals surface area (Å²) in [4.78, 5) is 23.5. The Morgan fingerprint density at radius 1 is 1.12 bits per heavy atom. The lowest BCUT2D eigenvalue weighted by Gasteiger charge is -2.52. The first-order valence-corrected chi connectivity index (χ1v) is 9.36. The molecule has 24 heavy (non-hydrogen) atoms. The number of carbonyl (C=O) groups is 2. The number of hydrogen-bond donors (Lipinski definition) is 0. The molecule has 0 aromatic rings. The van der Waals surface area contributed by atoms with Gasteiger partial charge in [0.05, 0.1) is 0 Å². The number of Topliss-reactive ketones (excluding diaryl/α,β-unsaturated/α-hetero) is 1. The van der Waals surface area contributed by atoms with E-state index in [9.17, 15) is 9.59 Å². The van der Waals surface area contributed by atoms with Gasteiger partial charge in [-0.3, -0.25) is 4.79 Å². The Labute approximate surface area is 142 Å². The number of allylic oxidation sites excluding steroid dienone is 4. The molecular formula is C21H24O3. The minimum atomic E-state index is -0.370. The first-order valence-electron chi connectivity index (χ1n) is 9.36. The van der Waals surface area contributed by atoms with Gasteiger partial charge in [-0.05, 0) is 61.5 Å². The molecule has 4 aliphatic carbocycles. The number of ether oxygens (including phenoxy) is 1. The van der Waals surface area contributed by atoms with E-state index in [4.69, 9.17) is 4.74 Å². The average Bonchev–Trinajstić information content (AvgIpc) is 3.08. The summed E-state index contributed by atoms with van der Waals surface area (Å²) >= 11 is 0. The van der Waals surface area contributed by atoms with Gasteiger partial charge in [0.15, 0.2) is 0 Å². The zero-order chi connectivity index (χ0) is 16.5. The summed E-state index contributed by atoms with van der Waals surface area (Å²) in [5.41, 5.74) is 2.54. The van der Waals surface area contributed by atoms with Crippen LogP contribution < -0.4 is 0 Å². The third kappa shape index (κ3) is 1.73. The van der Waals surface area contributed by atoms with Gasteiger partial charge >= 0.3 is 5.97 Å². The molecule has 0 amide bonds. The molecule has 0 saturated heterocycles. The van der Waals surface area contributed by atoms with E-state index in [0.29, 0.717) is 30.0 Å². The van der Waals surface area contributed by atoms with Crippen LogP contribution in [0.4, 0.5) is 0 Å². The molecule has 2 fully saturated rings. The van der Waals surface area contributed by atoms with E-state index in [1.807, 2.05) is 6.08 Å². The molecule has 1 aliphatic heterocycles. The summed E-state index contributed by atoms with van der Waals surface area (Å²) in [6.07, 6.45) is 15.0. The second-order valence-corrected chi connectivity index (χ2v) is 8.55. The van der Waals surface area contributed by atoms with Crippen molar-refractivity contribution >= 4 is 11.8 Å². The number of esters is 1. The normalized spacial score (nSPS) is 46.1. The minimum Gasteiger partial charge on any atom is -0.451 e. The quantitative estimate of drug-likeness (QED) is 0.635. The Bertz CT molecular complexity index is 727. The second-order valence-electron chi connectivity index (χ2n) is 8.55. The van der Waals surface area contributed by atoms with Gasteiger partial charge in [-0.15, -0.1) is 0 Å². The molecule has 5 rings (SSSR count). The fourth-order valence-corrected chi connectivity index (χ4v) is 6.46. The molecule has 5 atom stereocenters. The molecule has 2 saturated carbocycles. The van der Waals surface area contributed by atoms with Crippen LogP contribution in [-0.4, -0.2) is 17.4 Å². The lowest BCUT2D eigenvalue weighted by Crippen LogP contribution is -2.50. The first kappa shape index (κ1) is 14.7. The molecule has 0 aromatic heterocycles. The van der Waals surface area contributed by atoms with Gasteiger partial charge in [0, 0.05) is 24.3 Å². The van der Waals surface area contributed by atoms with Crippen molar-refractivity contribution in [3.8, 4) is 0 Å². The van der Waals surface area contributed by atoms with E-state index in [2.05, 4.69) is 19.1 Å². The zero-order valence-corrected chi connectivity index (χ0v) is 14.2. The molecule has 1 heterocycles. The van der Waals surface area contributed by atoms with Crippen molar-refractivity contribution in [1.29, 1.82) is 0 Å². The molecule has 0 unspecified atom stereocenters. The van der Waals surface area contributed by atoms with Crippen LogP contribution in [0.5, 0.6) is 0 Å². The van der Waals surface area contributed by atoms with Crippen LogP contribution in [0.1, 0.15) is 51.9 Å². The maximum Gasteiger partial charge on any atom is 0.331 e. The monoisotopic (exact) mass is 324 g/mol. The van der Waals surface area contributed by atoms with Crippen LogP contribution in [0.2, 0.25) is 0 Å². The molecule has 126 valence electrons. The smallest absolute Gasteiger partial charge is 0.331 e. The molecule has 0 N–H and O–H groups in total. The Kier molecular flexibility index (Phi) is 2.88. The Morgan fingerprint density at radius 3 is 2.79 bits per heavy atom. The number of fused-ring (bicyclic) bond motifs is 5. The highest BCUT2D eigenvalue weighted by molar-refractivity contribution is 5.85. The Balaban J connectivity index is 1.49. The molecular weight excluding hydrogens is 300 g/mol. The van der Waals surface area contributed by atoms with Gasteiger partial charge in [0.25, 0.3) is 0 Å². The van der Waals surface area contributed by atoms with Crippen LogP contribution in [0.25, 0.3) is 0 Å². The molecule has 3 heteroatoms. The average molecular weight is 324 g/mol. The third-order valence-corrected chi connectivity index (χ3v) is 7.73. The topological polar surface area (TPSA) is 43.4 Å². The largest absolute Gasteiger partial charge is 0.451 e. The second kappa shape index (κ2) is 4.71. The predicted octanol–water partition coefficient (Wildman–Crippen LogP) is 3.90. The lowest BCUT2D eigenvalue weighted by atomic mass is 9.54. The van der Waals surface area contributed by atoms with Crippen molar-refractivity contribution in [2.45, 2.75) is 57.5 Å². The van der Waals surface area contributed by atoms with Gasteiger partial charge in [0.2, 0.25) is 0 Å². The summed E-state index contributed by atoms with van der Waals surface area (Å²) in [5, 5.41) is 0. The maximum absolute atomic E-state index is 11.8. The van der Waals surface area contributed by atoms with Gasteiger partial charge in [-0.2, -0.15) is 0 Å². The predicted molar refractivity (Wildman–Crippen MR) is 90.0 cm³/mol. The van der Waals surface area contributed by atoms with Crippen molar-refractivity contribution in [2.24, 2.45) is 23.2 Å². The van der Waals surface area contributed by atoms with E-state index in [-0.39, 0.29) is 17.0 Å². The van der Waals surface area contributed by atoms with Crippen molar-refractivity contribution in [3.63, 3.8) is 0 Å². The van der Waals surface area contributed by atoms with Crippen molar-refractivity contribution in [3.05, 3.63) is 35.5 Å². The lowest BCUT2D eigenvalue weighted by molar-refractivity contribution is -0.158. The SMILES string of the molecule is C[C@]12CC[C@@H]3C4=C(C=C[C@H]3[C@@H]1CC[C@@]21C=CC(=O)O1)CC(=O)CC4. The molecule has 3 nitrogen and oxygen atoms in total. The third-order valence-electron chi connectivity index (χ3n) is 7.73. The fraction of sp³-hybridized carbons (Fsp3) is 0.619. The molecule has 0 aromatic carbocycles.